The van der Waals surface area contributed by atoms with Crippen LogP contribution in [0.25, 0.3) is 0 Å². The molecule has 0 aliphatic carbocycles. The van der Waals surface area contributed by atoms with Gasteiger partial charge in [0, 0.05) is 11.5 Å². The number of aryl methyl sites for hydroxylation is 1. The molecule has 0 spiro atoms. The van der Waals surface area contributed by atoms with Gasteiger partial charge in [-0.05, 0) is 17.7 Å². The average Bonchev–Trinajstić information content (AvgIpc) is 2.84. The second-order valence-electron chi connectivity index (χ2n) is 4.64. The van der Waals surface area contributed by atoms with Crippen molar-refractivity contribution in [3.63, 3.8) is 0 Å². The number of rotatable bonds is 4. The maximum atomic E-state index is 11.9. The van der Waals surface area contributed by atoms with Crippen molar-refractivity contribution in [2.24, 2.45) is 13.0 Å². The van der Waals surface area contributed by atoms with Crippen LogP contribution in [0.2, 0.25) is 0 Å². The van der Waals surface area contributed by atoms with Gasteiger partial charge in [-0.15, -0.1) is 10.2 Å². The molecule has 0 radical (unpaired) electrons. The van der Waals surface area contributed by atoms with E-state index in [1.807, 2.05) is 42.8 Å². The molecule has 2 rings (SSSR count). The zero-order chi connectivity index (χ0) is 14.7. The molecular formula is C14H16BrN3O2. The Balaban J connectivity index is 2.50. The topological polar surface area (TPSA) is 57.0 Å². The smallest absolute Gasteiger partial charge is 0.309 e. The van der Waals surface area contributed by atoms with Gasteiger partial charge in [-0.2, -0.15) is 0 Å². The quantitative estimate of drug-likeness (QED) is 0.804. The van der Waals surface area contributed by atoms with Gasteiger partial charge < -0.3 is 9.30 Å². The maximum Gasteiger partial charge on any atom is 0.309 e. The number of hydrogen-bond donors (Lipinski definition) is 0. The third kappa shape index (κ3) is 2.90. The highest BCUT2D eigenvalue weighted by molar-refractivity contribution is 9.10. The number of carbonyl (C=O) groups excluding carboxylic acids is 1. The van der Waals surface area contributed by atoms with Gasteiger partial charge in [0.05, 0.1) is 18.9 Å². The lowest BCUT2D eigenvalue weighted by molar-refractivity contribution is -0.145. The molecule has 106 valence electrons. The number of hydrogen-bond acceptors (Lipinski definition) is 4. The summed E-state index contributed by atoms with van der Waals surface area (Å²) >= 11 is 3.46. The third-order valence-electron chi connectivity index (χ3n) is 3.31. The summed E-state index contributed by atoms with van der Waals surface area (Å²) in [5.74, 6) is -0.0800. The maximum absolute atomic E-state index is 11.9. The molecule has 1 aromatic heterocycles. The highest BCUT2D eigenvalue weighted by Crippen LogP contribution is 2.32. The minimum atomic E-state index is -0.350. The molecule has 2 aromatic rings. The Morgan fingerprint density at radius 2 is 2.20 bits per heavy atom. The van der Waals surface area contributed by atoms with E-state index in [9.17, 15) is 4.79 Å². The highest BCUT2D eigenvalue weighted by atomic mass is 79.9. The Kier molecular flexibility index (Phi) is 4.54. The van der Waals surface area contributed by atoms with Crippen LogP contribution in [-0.2, 0) is 16.6 Å². The summed E-state index contributed by atoms with van der Waals surface area (Å²) < 4.78 is 7.66. The van der Waals surface area contributed by atoms with Crippen LogP contribution in [0.3, 0.4) is 0 Å². The molecule has 0 saturated carbocycles. The van der Waals surface area contributed by atoms with E-state index in [-0.39, 0.29) is 17.8 Å². The van der Waals surface area contributed by atoms with Gasteiger partial charge in [0.25, 0.3) is 0 Å². The summed E-state index contributed by atoms with van der Waals surface area (Å²) in [5.41, 5.74) is 0.994. The molecule has 2 unspecified atom stereocenters. The van der Waals surface area contributed by atoms with Crippen LogP contribution in [0, 0.1) is 5.92 Å². The van der Waals surface area contributed by atoms with Crippen molar-refractivity contribution in [1.82, 2.24) is 14.8 Å². The van der Waals surface area contributed by atoms with Crippen molar-refractivity contribution in [2.45, 2.75) is 12.8 Å². The van der Waals surface area contributed by atoms with Crippen LogP contribution in [0.15, 0.2) is 35.1 Å². The van der Waals surface area contributed by atoms with E-state index in [2.05, 4.69) is 26.1 Å². The van der Waals surface area contributed by atoms with E-state index < -0.39 is 0 Å². The summed E-state index contributed by atoms with van der Waals surface area (Å²) in [4.78, 5) is 11.9. The number of ether oxygens (including phenoxy) is 1. The van der Waals surface area contributed by atoms with Crippen molar-refractivity contribution in [3.8, 4) is 0 Å². The number of aromatic nitrogens is 3. The van der Waals surface area contributed by atoms with Crippen molar-refractivity contribution in [2.75, 3.05) is 7.11 Å². The summed E-state index contributed by atoms with van der Waals surface area (Å²) in [5, 5.41) is 8.06. The first-order chi connectivity index (χ1) is 9.54. The Morgan fingerprint density at radius 1 is 1.45 bits per heavy atom. The largest absolute Gasteiger partial charge is 0.469 e. The number of benzene rings is 1. The number of halogens is 1. The lowest BCUT2D eigenvalue weighted by atomic mass is 9.86. The summed E-state index contributed by atoms with van der Waals surface area (Å²) in [6, 6.07) is 7.84. The monoisotopic (exact) mass is 337 g/mol. The first kappa shape index (κ1) is 14.7. The van der Waals surface area contributed by atoms with E-state index in [1.54, 1.807) is 6.33 Å². The van der Waals surface area contributed by atoms with Crippen LogP contribution < -0.4 is 0 Å². The SMILES string of the molecule is COC(=O)C(C)C(c1cccc(Br)c1)c1nncn1C. The second-order valence-corrected chi connectivity index (χ2v) is 5.56. The predicted molar refractivity (Wildman–Crippen MR) is 78.2 cm³/mol. The fourth-order valence-electron chi connectivity index (χ4n) is 2.26. The van der Waals surface area contributed by atoms with Gasteiger partial charge >= 0.3 is 5.97 Å². The minimum Gasteiger partial charge on any atom is -0.469 e. The lowest BCUT2D eigenvalue weighted by Crippen LogP contribution is -2.24. The van der Waals surface area contributed by atoms with Gasteiger partial charge in [0.1, 0.15) is 12.2 Å². The summed E-state index contributed by atoms with van der Waals surface area (Å²) in [6.45, 7) is 1.84. The molecule has 2 atom stereocenters. The van der Waals surface area contributed by atoms with Crippen molar-refractivity contribution < 1.29 is 9.53 Å². The third-order valence-corrected chi connectivity index (χ3v) is 3.80. The van der Waals surface area contributed by atoms with E-state index in [0.29, 0.717) is 0 Å². The summed E-state index contributed by atoms with van der Waals surface area (Å²) in [6.07, 6.45) is 1.63. The number of methoxy groups -OCH3 is 1. The zero-order valence-electron chi connectivity index (χ0n) is 11.6. The number of nitrogens with zero attached hydrogens (tertiary/aromatic N) is 3. The molecule has 5 nitrogen and oxygen atoms in total. The van der Waals surface area contributed by atoms with Crippen molar-refractivity contribution in [3.05, 3.63) is 46.5 Å². The number of esters is 1. The van der Waals surface area contributed by atoms with Gasteiger partial charge in [-0.1, -0.05) is 35.0 Å². The lowest BCUT2D eigenvalue weighted by Gasteiger charge is -2.22. The van der Waals surface area contributed by atoms with Crippen molar-refractivity contribution in [1.29, 1.82) is 0 Å². The molecule has 0 saturated heterocycles. The average molecular weight is 338 g/mol. The first-order valence-corrected chi connectivity index (χ1v) is 7.01. The molecule has 20 heavy (non-hydrogen) atoms. The standard InChI is InChI=1S/C14H16BrN3O2/c1-9(14(19)20-3)12(13-17-16-8-18(13)2)10-5-4-6-11(15)7-10/h4-9,12H,1-3H3. The fourth-order valence-corrected chi connectivity index (χ4v) is 2.67. The van der Waals surface area contributed by atoms with Crippen molar-refractivity contribution >= 4 is 21.9 Å². The van der Waals surface area contributed by atoms with E-state index >= 15 is 0 Å². The molecule has 0 N–H and O–H groups in total. The Morgan fingerprint density at radius 3 is 2.75 bits per heavy atom. The van der Waals surface area contributed by atoms with E-state index in [0.717, 1.165) is 15.9 Å². The van der Waals surface area contributed by atoms with Crippen LogP contribution in [0.1, 0.15) is 24.2 Å². The molecule has 0 aliphatic rings. The molecule has 6 heteroatoms. The Labute approximate surface area is 126 Å². The van der Waals surface area contributed by atoms with Gasteiger partial charge in [-0.3, -0.25) is 4.79 Å². The molecule has 0 amide bonds. The molecule has 1 heterocycles. The Bertz CT molecular complexity index is 612. The predicted octanol–water partition coefficient (Wildman–Crippen LogP) is 2.52. The molecular weight excluding hydrogens is 322 g/mol. The van der Waals surface area contributed by atoms with E-state index in [1.165, 1.54) is 7.11 Å². The zero-order valence-corrected chi connectivity index (χ0v) is 13.2. The molecule has 0 aliphatic heterocycles. The Hall–Kier alpha value is -1.69. The fraction of sp³-hybridized carbons (Fsp3) is 0.357. The normalized spacial score (nSPS) is 13.8. The molecule has 1 aromatic carbocycles. The van der Waals surface area contributed by atoms with Crippen LogP contribution in [0.4, 0.5) is 0 Å². The van der Waals surface area contributed by atoms with Gasteiger partial charge in [-0.25, -0.2) is 0 Å². The van der Waals surface area contributed by atoms with Gasteiger partial charge in [0.15, 0.2) is 0 Å². The van der Waals surface area contributed by atoms with E-state index in [4.69, 9.17) is 4.74 Å². The first-order valence-electron chi connectivity index (χ1n) is 6.21. The molecule has 0 fully saturated rings. The van der Waals surface area contributed by atoms with Crippen LogP contribution >= 0.6 is 15.9 Å². The summed E-state index contributed by atoms with van der Waals surface area (Å²) in [7, 11) is 3.26. The molecule has 0 bridgehead atoms. The van der Waals surface area contributed by atoms with Gasteiger partial charge in [0.2, 0.25) is 0 Å². The number of carbonyl (C=O) groups is 1. The second kappa shape index (κ2) is 6.17. The van der Waals surface area contributed by atoms with Crippen LogP contribution in [0.5, 0.6) is 0 Å². The van der Waals surface area contributed by atoms with Crippen LogP contribution in [-0.4, -0.2) is 27.8 Å². The minimum absolute atomic E-state index is 0.201. The highest BCUT2D eigenvalue weighted by Gasteiger charge is 2.31.